The number of benzene rings is 1. The van der Waals surface area contributed by atoms with Crippen molar-refractivity contribution in [3.8, 4) is 0 Å². The van der Waals surface area contributed by atoms with Crippen LogP contribution in [0, 0.1) is 0 Å². The maximum absolute atomic E-state index is 11.8. The quantitative estimate of drug-likeness (QED) is 0.472. The monoisotopic (exact) mass is 292 g/mol. The van der Waals surface area contributed by atoms with E-state index in [9.17, 15) is 13.2 Å². The zero-order valence-corrected chi connectivity index (χ0v) is 11.5. The summed E-state index contributed by atoms with van der Waals surface area (Å²) >= 11 is 0. The molecule has 0 saturated heterocycles. The lowest BCUT2D eigenvalue weighted by atomic mass is 10.2. The number of esters is 1. The molecule has 1 aromatic carbocycles. The summed E-state index contributed by atoms with van der Waals surface area (Å²) in [4.78, 5) is 11.5. The van der Waals surface area contributed by atoms with Crippen LogP contribution >= 0.6 is 10.7 Å². The molecule has 0 aromatic heterocycles. The van der Waals surface area contributed by atoms with Crippen molar-refractivity contribution in [2.24, 2.45) is 0 Å². The van der Waals surface area contributed by atoms with Gasteiger partial charge in [0.05, 0.1) is 10.5 Å². The van der Waals surface area contributed by atoms with E-state index in [1.807, 2.05) is 0 Å². The summed E-state index contributed by atoms with van der Waals surface area (Å²) in [5.74, 6) is -0.788. The molecule has 1 unspecified atom stereocenters. The van der Waals surface area contributed by atoms with Crippen molar-refractivity contribution in [3.05, 3.63) is 29.8 Å². The van der Waals surface area contributed by atoms with E-state index in [1.54, 1.807) is 6.92 Å². The van der Waals surface area contributed by atoms with Gasteiger partial charge in [-0.25, -0.2) is 13.2 Å². The first-order chi connectivity index (χ1) is 8.40. The third-order valence-electron chi connectivity index (χ3n) is 2.20. The second-order valence-electron chi connectivity index (χ2n) is 3.41. The van der Waals surface area contributed by atoms with Gasteiger partial charge >= 0.3 is 5.97 Å². The smallest absolute Gasteiger partial charge is 0.341 e. The van der Waals surface area contributed by atoms with Crippen molar-refractivity contribution in [2.75, 3.05) is 7.11 Å². The van der Waals surface area contributed by atoms with Crippen molar-refractivity contribution < 1.29 is 22.7 Å². The lowest BCUT2D eigenvalue weighted by molar-refractivity contribution is -0.0907. The van der Waals surface area contributed by atoms with E-state index in [-0.39, 0.29) is 10.5 Å². The number of ether oxygens (including phenoxy) is 2. The van der Waals surface area contributed by atoms with Gasteiger partial charge in [0.15, 0.2) is 0 Å². The molecule has 5 nitrogen and oxygen atoms in total. The second-order valence-corrected chi connectivity index (χ2v) is 5.95. The number of rotatable bonds is 5. The standard InChI is InChI=1S/C11H13ClO5S/c1-3-10(16-2)17-11(13)8-6-4-5-7-9(8)18(12,14)15/h4-7,10H,3H2,1-2H3. The fraction of sp³-hybridized carbons (Fsp3) is 0.364. The molecule has 100 valence electrons. The summed E-state index contributed by atoms with van der Waals surface area (Å²) < 4.78 is 32.5. The number of methoxy groups -OCH3 is 1. The molecular weight excluding hydrogens is 280 g/mol. The SMILES string of the molecule is CCC(OC)OC(=O)c1ccccc1S(=O)(=O)Cl. The van der Waals surface area contributed by atoms with Gasteiger partial charge in [0.2, 0.25) is 6.29 Å². The van der Waals surface area contributed by atoms with Gasteiger partial charge in [-0.1, -0.05) is 19.1 Å². The molecule has 1 atom stereocenters. The molecule has 1 aromatic rings. The van der Waals surface area contributed by atoms with Gasteiger partial charge in [-0.05, 0) is 12.1 Å². The minimum Gasteiger partial charge on any atom is -0.432 e. The Labute approximate surface area is 110 Å². The Kier molecular flexibility index (Phi) is 5.13. The lowest BCUT2D eigenvalue weighted by Gasteiger charge is -2.14. The van der Waals surface area contributed by atoms with Crippen molar-refractivity contribution in [1.82, 2.24) is 0 Å². The van der Waals surface area contributed by atoms with Crippen molar-refractivity contribution in [1.29, 1.82) is 0 Å². The van der Waals surface area contributed by atoms with Crippen LogP contribution in [0.15, 0.2) is 29.2 Å². The molecule has 1 rings (SSSR count). The van der Waals surface area contributed by atoms with Crippen LogP contribution in [0.2, 0.25) is 0 Å². The van der Waals surface area contributed by atoms with Crippen molar-refractivity contribution in [2.45, 2.75) is 24.5 Å². The first-order valence-corrected chi connectivity index (χ1v) is 7.48. The summed E-state index contributed by atoms with van der Waals surface area (Å²) in [6, 6.07) is 5.57. The molecule has 0 radical (unpaired) electrons. The number of halogens is 1. The van der Waals surface area contributed by atoms with Crippen LogP contribution in [-0.4, -0.2) is 27.8 Å². The third-order valence-corrected chi connectivity index (χ3v) is 3.58. The lowest BCUT2D eigenvalue weighted by Crippen LogP contribution is -2.20. The van der Waals surface area contributed by atoms with Crippen LogP contribution in [0.1, 0.15) is 23.7 Å². The van der Waals surface area contributed by atoms with Crippen LogP contribution < -0.4 is 0 Å². The highest BCUT2D eigenvalue weighted by atomic mass is 35.7. The number of hydrogen-bond acceptors (Lipinski definition) is 5. The molecule has 0 bridgehead atoms. The van der Waals surface area contributed by atoms with Gasteiger partial charge < -0.3 is 9.47 Å². The van der Waals surface area contributed by atoms with Crippen molar-refractivity contribution >= 4 is 25.7 Å². The molecule has 0 aliphatic carbocycles. The Bertz CT molecular complexity index is 522. The fourth-order valence-corrected chi connectivity index (χ4v) is 2.39. The molecule has 0 spiro atoms. The van der Waals surface area contributed by atoms with E-state index in [0.717, 1.165) is 0 Å². The molecule has 0 fully saturated rings. The molecule has 0 heterocycles. The number of carbonyl (C=O) groups is 1. The van der Waals surface area contributed by atoms with Crippen LogP contribution in [0.25, 0.3) is 0 Å². The molecule has 18 heavy (non-hydrogen) atoms. The Morgan fingerprint density at radius 3 is 2.50 bits per heavy atom. The van der Waals surface area contributed by atoms with Gasteiger partial charge in [-0.15, -0.1) is 0 Å². The van der Waals surface area contributed by atoms with E-state index >= 15 is 0 Å². The Morgan fingerprint density at radius 1 is 1.39 bits per heavy atom. The largest absolute Gasteiger partial charge is 0.432 e. The summed E-state index contributed by atoms with van der Waals surface area (Å²) in [7, 11) is 2.64. The van der Waals surface area contributed by atoms with Gasteiger partial charge in [0.1, 0.15) is 0 Å². The minimum absolute atomic E-state index is 0.108. The van der Waals surface area contributed by atoms with E-state index < -0.39 is 21.3 Å². The van der Waals surface area contributed by atoms with Gasteiger partial charge in [-0.2, -0.15) is 0 Å². The second kappa shape index (κ2) is 6.17. The van der Waals surface area contributed by atoms with Gasteiger partial charge in [-0.3, -0.25) is 0 Å². The highest BCUT2D eigenvalue weighted by Crippen LogP contribution is 2.21. The average molecular weight is 293 g/mol. The Balaban J connectivity index is 3.07. The normalized spacial score (nSPS) is 13.1. The summed E-state index contributed by atoms with van der Waals surface area (Å²) in [6.45, 7) is 1.77. The predicted molar refractivity (Wildman–Crippen MR) is 66.0 cm³/mol. The number of carbonyl (C=O) groups excluding carboxylic acids is 1. The Morgan fingerprint density at radius 2 is 2.00 bits per heavy atom. The molecule has 0 N–H and O–H groups in total. The van der Waals surface area contributed by atoms with Crippen LogP contribution in [0.3, 0.4) is 0 Å². The molecule has 0 aliphatic heterocycles. The van der Waals surface area contributed by atoms with Crippen LogP contribution in [0.5, 0.6) is 0 Å². The van der Waals surface area contributed by atoms with Crippen molar-refractivity contribution in [3.63, 3.8) is 0 Å². The van der Waals surface area contributed by atoms with Gasteiger partial charge in [0.25, 0.3) is 9.05 Å². The highest BCUT2D eigenvalue weighted by molar-refractivity contribution is 8.13. The first-order valence-electron chi connectivity index (χ1n) is 5.17. The van der Waals surface area contributed by atoms with E-state index in [2.05, 4.69) is 0 Å². The molecule has 7 heteroatoms. The number of hydrogen-bond donors (Lipinski definition) is 0. The molecule has 0 amide bonds. The third kappa shape index (κ3) is 3.69. The van der Waals surface area contributed by atoms with E-state index in [0.29, 0.717) is 6.42 Å². The first kappa shape index (κ1) is 14.9. The Hall–Kier alpha value is -1.11. The van der Waals surface area contributed by atoms with E-state index in [4.69, 9.17) is 20.2 Å². The maximum Gasteiger partial charge on any atom is 0.341 e. The summed E-state index contributed by atoms with van der Waals surface area (Å²) in [5.41, 5.74) is -0.108. The van der Waals surface area contributed by atoms with Gasteiger partial charge in [0, 0.05) is 24.2 Å². The minimum atomic E-state index is -4.00. The van der Waals surface area contributed by atoms with Crippen LogP contribution in [-0.2, 0) is 18.5 Å². The fourth-order valence-electron chi connectivity index (χ4n) is 1.33. The predicted octanol–water partition coefficient (Wildman–Crippen LogP) is 2.15. The summed E-state index contributed by atoms with van der Waals surface area (Å²) in [5, 5.41) is 0. The molecular formula is C11H13ClO5S. The van der Waals surface area contributed by atoms with E-state index in [1.165, 1.54) is 31.4 Å². The highest BCUT2D eigenvalue weighted by Gasteiger charge is 2.22. The van der Waals surface area contributed by atoms with Crippen LogP contribution in [0.4, 0.5) is 0 Å². The zero-order chi connectivity index (χ0) is 13.8. The average Bonchev–Trinajstić information content (AvgIpc) is 2.34. The maximum atomic E-state index is 11.8. The molecule has 0 saturated carbocycles. The topological polar surface area (TPSA) is 69.7 Å². The summed E-state index contributed by atoms with van der Waals surface area (Å²) in [6.07, 6.45) is -0.263. The zero-order valence-electron chi connectivity index (χ0n) is 9.92. The molecule has 0 aliphatic rings.